The first kappa shape index (κ1) is 12.6. The van der Waals surface area contributed by atoms with Gasteiger partial charge in [0, 0.05) is 12.4 Å². The van der Waals surface area contributed by atoms with E-state index in [-0.39, 0.29) is 18.0 Å². The maximum atomic E-state index is 11.3. The van der Waals surface area contributed by atoms with Crippen LogP contribution in [-0.4, -0.2) is 34.1 Å². The van der Waals surface area contributed by atoms with E-state index in [2.05, 4.69) is 14.7 Å². The van der Waals surface area contributed by atoms with E-state index in [1.807, 2.05) is 0 Å². The summed E-state index contributed by atoms with van der Waals surface area (Å²) in [6.45, 7) is 2.00. The zero-order valence-corrected chi connectivity index (χ0v) is 9.70. The number of hydrogen-bond donors (Lipinski definition) is 0. The molecule has 0 amide bonds. The lowest BCUT2D eigenvalue weighted by Gasteiger charge is -2.00. The summed E-state index contributed by atoms with van der Waals surface area (Å²) in [6.07, 6.45) is 3.02. The van der Waals surface area contributed by atoms with Crippen LogP contribution >= 0.6 is 11.8 Å². The van der Waals surface area contributed by atoms with Crippen LogP contribution in [0.15, 0.2) is 23.6 Å². The van der Waals surface area contributed by atoms with Crippen LogP contribution in [0.2, 0.25) is 0 Å². The van der Waals surface area contributed by atoms with Crippen LogP contribution in [0.25, 0.3) is 0 Å². The van der Waals surface area contributed by atoms with Gasteiger partial charge in [-0.2, -0.15) is 0 Å². The topological polar surface area (TPSA) is 69.2 Å². The van der Waals surface area contributed by atoms with E-state index >= 15 is 0 Å². The molecule has 0 fully saturated rings. The fourth-order valence-electron chi connectivity index (χ4n) is 0.929. The number of Topliss-reactive ketones (excluding diaryl/α,β-unsaturated/α-hetero) is 1. The third kappa shape index (κ3) is 4.88. The van der Waals surface area contributed by atoms with E-state index in [9.17, 15) is 9.59 Å². The Balaban J connectivity index is 2.28. The monoisotopic (exact) mass is 240 g/mol. The molecule has 0 saturated heterocycles. The lowest BCUT2D eigenvalue weighted by Crippen LogP contribution is -2.12. The normalized spacial score (nSPS) is 9.81. The molecule has 0 radical (unpaired) electrons. The number of rotatable bonds is 6. The number of ether oxygens (including phenoxy) is 1. The lowest BCUT2D eigenvalue weighted by molar-refractivity contribution is -0.145. The zero-order chi connectivity index (χ0) is 11.8. The smallest absolute Gasteiger partial charge is 0.313 e. The Morgan fingerprint density at radius 3 is 2.69 bits per heavy atom. The molecular weight excluding hydrogens is 228 g/mol. The molecule has 6 heteroatoms. The largest absolute Gasteiger partial charge is 0.466 e. The second-order valence-corrected chi connectivity index (χ2v) is 3.78. The molecule has 0 saturated carbocycles. The Hall–Kier alpha value is -1.43. The van der Waals surface area contributed by atoms with Crippen LogP contribution in [0.4, 0.5) is 0 Å². The van der Waals surface area contributed by atoms with Gasteiger partial charge < -0.3 is 4.74 Å². The van der Waals surface area contributed by atoms with Gasteiger partial charge in [-0.3, -0.25) is 9.59 Å². The van der Waals surface area contributed by atoms with Crippen LogP contribution in [0.1, 0.15) is 13.3 Å². The third-order valence-corrected chi connectivity index (χ3v) is 2.49. The fraction of sp³-hybridized carbons (Fsp3) is 0.400. The summed E-state index contributed by atoms with van der Waals surface area (Å²) in [5, 5.41) is 0.528. The van der Waals surface area contributed by atoms with Crippen molar-refractivity contribution in [3.8, 4) is 0 Å². The summed E-state index contributed by atoms with van der Waals surface area (Å²) in [5.74, 6) is -0.485. The molecule has 0 N–H and O–H groups in total. The van der Waals surface area contributed by atoms with Gasteiger partial charge in [0.2, 0.25) is 0 Å². The first-order chi connectivity index (χ1) is 7.72. The van der Waals surface area contributed by atoms with E-state index in [0.717, 1.165) is 0 Å². The number of aromatic nitrogens is 2. The molecule has 0 spiro atoms. The van der Waals surface area contributed by atoms with Crippen molar-refractivity contribution in [2.24, 2.45) is 0 Å². The molecule has 1 aromatic rings. The molecule has 1 rings (SSSR count). The molecule has 5 nitrogen and oxygen atoms in total. The summed E-state index contributed by atoms with van der Waals surface area (Å²) in [7, 11) is 0. The zero-order valence-electron chi connectivity index (χ0n) is 8.88. The van der Waals surface area contributed by atoms with Crippen molar-refractivity contribution in [1.82, 2.24) is 9.97 Å². The Morgan fingerprint density at radius 2 is 2.06 bits per heavy atom. The van der Waals surface area contributed by atoms with Crippen molar-refractivity contribution < 1.29 is 14.3 Å². The van der Waals surface area contributed by atoms with Gasteiger partial charge in [0.25, 0.3) is 0 Å². The van der Waals surface area contributed by atoms with E-state index in [1.165, 1.54) is 11.8 Å². The van der Waals surface area contributed by atoms with E-state index in [4.69, 9.17) is 0 Å². The van der Waals surface area contributed by atoms with Crippen LogP contribution < -0.4 is 0 Å². The number of thioether (sulfide) groups is 1. The number of esters is 1. The second-order valence-electron chi connectivity index (χ2n) is 2.84. The average molecular weight is 240 g/mol. The highest BCUT2D eigenvalue weighted by Gasteiger charge is 2.11. The van der Waals surface area contributed by atoms with Gasteiger partial charge in [-0.05, 0) is 13.0 Å². The van der Waals surface area contributed by atoms with Crippen LogP contribution in [0, 0.1) is 0 Å². The molecule has 0 aliphatic carbocycles. The van der Waals surface area contributed by atoms with Crippen molar-refractivity contribution in [3.63, 3.8) is 0 Å². The van der Waals surface area contributed by atoms with Gasteiger partial charge in [0.05, 0.1) is 12.4 Å². The van der Waals surface area contributed by atoms with Crippen molar-refractivity contribution >= 4 is 23.5 Å². The molecule has 0 atom stereocenters. The van der Waals surface area contributed by atoms with E-state index in [1.54, 1.807) is 25.4 Å². The highest BCUT2D eigenvalue weighted by molar-refractivity contribution is 7.99. The Kier molecular flexibility index (Phi) is 5.49. The van der Waals surface area contributed by atoms with Crippen LogP contribution in [-0.2, 0) is 14.3 Å². The van der Waals surface area contributed by atoms with Gasteiger partial charge in [-0.1, -0.05) is 11.8 Å². The minimum atomic E-state index is -0.484. The predicted octanol–water partition coefficient (Wildman–Crippen LogP) is 1.09. The molecule has 0 unspecified atom stereocenters. The van der Waals surface area contributed by atoms with Gasteiger partial charge in [0.15, 0.2) is 10.9 Å². The Morgan fingerprint density at radius 1 is 1.38 bits per heavy atom. The van der Waals surface area contributed by atoms with Crippen molar-refractivity contribution in [3.05, 3.63) is 18.5 Å². The minimum Gasteiger partial charge on any atom is -0.466 e. The molecule has 0 bridgehead atoms. The van der Waals surface area contributed by atoms with Gasteiger partial charge in [-0.15, -0.1) is 0 Å². The van der Waals surface area contributed by atoms with Crippen LogP contribution in [0.5, 0.6) is 0 Å². The summed E-state index contributed by atoms with van der Waals surface area (Å²) < 4.78 is 4.66. The maximum absolute atomic E-state index is 11.3. The second kappa shape index (κ2) is 6.95. The van der Waals surface area contributed by atoms with Crippen molar-refractivity contribution in [1.29, 1.82) is 0 Å². The number of ketones is 1. The summed E-state index contributed by atoms with van der Waals surface area (Å²) in [6, 6.07) is 1.70. The van der Waals surface area contributed by atoms with E-state index in [0.29, 0.717) is 11.8 Å². The Bertz CT molecular complexity index is 356. The predicted molar refractivity (Wildman–Crippen MR) is 59.0 cm³/mol. The molecule has 0 aliphatic rings. The quantitative estimate of drug-likeness (QED) is 0.321. The average Bonchev–Trinajstić information content (AvgIpc) is 2.28. The molecule has 0 aromatic carbocycles. The van der Waals surface area contributed by atoms with E-state index < -0.39 is 5.97 Å². The first-order valence-electron chi connectivity index (χ1n) is 4.79. The summed E-state index contributed by atoms with van der Waals surface area (Å²) in [4.78, 5) is 30.2. The highest BCUT2D eigenvalue weighted by Crippen LogP contribution is 2.11. The summed E-state index contributed by atoms with van der Waals surface area (Å²) in [5.41, 5.74) is 0. The fourth-order valence-corrected chi connectivity index (χ4v) is 1.59. The molecule has 0 aliphatic heterocycles. The minimum absolute atomic E-state index is 0.183. The maximum Gasteiger partial charge on any atom is 0.313 e. The molecule has 1 aromatic heterocycles. The summed E-state index contributed by atoms with van der Waals surface area (Å²) >= 11 is 1.21. The first-order valence-corrected chi connectivity index (χ1v) is 5.78. The van der Waals surface area contributed by atoms with Gasteiger partial charge in [0.1, 0.15) is 6.42 Å². The number of nitrogens with zero attached hydrogens (tertiary/aromatic N) is 2. The van der Waals surface area contributed by atoms with Crippen molar-refractivity contribution in [2.45, 2.75) is 18.5 Å². The lowest BCUT2D eigenvalue weighted by atomic mass is 10.3. The molecule has 16 heavy (non-hydrogen) atoms. The SMILES string of the molecule is CCOC(=O)CC(=O)CSc1ncccn1. The Labute approximate surface area is 97.6 Å². The standard InChI is InChI=1S/C10H12N2O3S/c1-2-15-9(14)6-8(13)7-16-10-11-4-3-5-12-10/h3-5H,2,6-7H2,1H3. The molecule has 1 heterocycles. The number of carbonyl (C=O) groups excluding carboxylic acids is 2. The van der Waals surface area contributed by atoms with Crippen molar-refractivity contribution in [2.75, 3.05) is 12.4 Å². The number of carbonyl (C=O) groups is 2. The van der Waals surface area contributed by atoms with Crippen LogP contribution in [0.3, 0.4) is 0 Å². The molecular formula is C10H12N2O3S. The highest BCUT2D eigenvalue weighted by atomic mass is 32.2. The van der Waals surface area contributed by atoms with Gasteiger partial charge in [-0.25, -0.2) is 9.97 Å². The van der Waals surface area contributed by atoms with Gasteiger partial charge >= 0.3 is 5.97 Å². The molecule has 86 valence electrons. The number of hydrogen-bond acceptors (Lipinski definition) is 6. The third-order valence-electron chi connectivity index (χ3n) is 1.55.